The molecular formula is C27H34O5S. The van der Waals surface area contributed by atoms with Crippen LogP contribution in [0.3, 0.4) is 0 Å². The summed E-state index contributed by atoms with van der Waals surface area (Å²) in [5, 5.41) is 20.2. The van der Waals surface area contributed by atoms with Crippen LogP contribution in [0.15, 0.2) is 48.5 Å². The molecule has 2 N–H and O–H groups in total. The summed E-state index contributed by atoms with van der Waals surface area (Å²) in [5.41, 5.74) is 3.40. The van der Waals surface area contributed by atoms with Crippen molar-refractivity contribution in [2.75, 3.05) is 19.0 Å². The summed E-state index contributed by atoms with van der Waals surface area (Å²) in [7, 11) is 0. The lowest BCUT2D eigenvalue weighted by atomic mass is 9.90. The zero-order valence-corrected chi connectivity index (χ0v) is 20.3. The molecule has 0 spiro atoms. The molecular weight excluding hydrogens is 436 g/mol. The van der Waals surface area contributed by atoms with Gasteiger partial charge in [-0.25, -0.2) is 0 Å². The summed E-state index contributed by atoms with van der Waals surface area (Å²) in [4.78, 5) is 11.3. The normalized spacial score (nSPS) is 18.9. The van der Waals surface area contributed by atoms with Crippen molar-refractivity contribution in [2.45, 2.75) is 63.1 Å². The molecule has 2 aromatic carbocycles. The van der Waals surface area contributed by atoms with E-state index in [0.717, 1.165) is 48.1 Å². The van der Waals surface area contributed by atoms with Gasteiger partial charge in [0, 0.05) is 16.6 Å². The zero-order chi connectivity index (χ0) is 23.5. The van der Waals surface area contributed by atoms with Crippen LogP contribution in [-0.2, 0) is 26.3 Å². The fourth-order valence-electron chi connectivity index (χ4n) is 4.57. The van der Waals surface area contributed by atoms with Crippen LogP contribution in [-0.4, -0.2) is 35.1 Å². The van der Waals surface area contributed by atoms with Crippen molar-refractivity contribution in [3.63, 3.8) is 0 Å². The molecule has 0 bridgehead atoms. The lowest BCUT2D eigenvalue weighted by Crippen LogP contribution is -2.18. The fraction of sp³-hybridized carbons (Fsp3) is 0.519. The van der Waals surface area contributed by atoms with Gasteiger partial charge in [0.05, 0.1) is 25.2 Å². The van der Waals surface area contributed by atoms with Gasteiger partial charge in [0.2, 0.25) is 0 Å². The van der Waals surface area contributed by atoms with Gasteiger partial charge >= 0.3 is 5.97 Å². The van der Waals surface area contributed by atoms with Gasteiger partial charge in [0.1, 0.15) is 0 Å². The van der Waals surface area contributed by atoms with E-state index in [0.29, 0.717) is 13.2 Å². The lowest BCUT2D eigenvalue weighted by Gasteiger charge is -2.24. The first kappa shape index (κ1) is 24.3. The van der Waals surface area contributed by atoms with Crippen LogP contribution < -0.4 is 0 Å². The molecule has 178 valence electrons. The molecule has 2 aliphatic rings. The smallest absolute Gasteiger partial charge is 0.303 e. The van der Waals surface area contributed by atoms with Gasteiger partial charge in [-0.2, -0.15) is 11.8 Å². The molecule has 1 heterocycles. The van der Waals surface area contributed by atoms with Gasteiger partial charge < -0.3 is 19.7 Å². The molecule has 1 saturated carbocycles. The van der Waals surface area contributed by atoms with Gasteiger partial charge in [-0.3, -0.25) is 4.79 Å². The maximum atomic E-state index is 11.3. The molecule has 1 aliphatic heterocycles. The van der Waals surface area contributed by atoms with E-state index in [-0.39, 0.29) is 23.4 Å². The Morgan fingerprint density at radius 3 is 2.55 bits per heavy atom. The minimum absolute atomic E-state index is 0.0605. The maximum Gasteiger partial charge on any atom is 0.303 e. The Morgan fingerprint density at radius 1 is 1.15 bits per heavy atom. The number of rotatable bonds is 11. The summed E-state index contributed by atoms with van der Waals surface area (Å²) in [6, 6.07) is 16.5. The lowest BCUT2D eigenvalue weighted by molar-refractivity contribution is -0.138. The van der Waals surface area contributed by atoms with Gasteiger partial charge in [-0.05, 0) is 67.7 Å². The second kappa shape index (κ2) is 10.2. The number of aliphatic carboxylic acids is 1. The van der Waals surface area contributed by atoms with Crippen molar-refractivity contribution >= 4 is 17.7 Å². The molecule has 0 amide bonds. The Bertz CT molecular complexity index is 957. The molecule has 1 aliphatic carbocycles. The third-order valence-corrected chi connectivity index (χ3v) is 8.29. The summed E-state index contributed by atoms with van der Waals surface area (Å²) in [6.07, 6.45) is 3.65. The second-order valence-electron chi connectivity index (χ2n) is 9.87. The largest absolute Gasteiger partial charge is 0.481 e. The van der Waals surface area contributed by atoms with Gasteiger partial charge in [0.25, 0.3) is 0 Å². The van der Waals surface area contributed by atoms with Crippen LogP contribution in [0.5, 0.6) is 0 Å². The topological polar surface area (TPSA) is 76.0 Å². The number of ether oxygens (including phenoxy) is 2. The van der Waals surface area contributed by atoms with Gasteiger partial charge in [-0.1, -0.05) is 42.5 Å². The molecule has 0 aromatic heterocycles. The number of aryl methyl sites for hydroxylation is 1. The summed E-state index contributed by atoms with van der Waals surface area (Å²) >= 11 is 1.86. The minimum Gasteiger partial charge on any atom is -0.481 e. The summed E-state index contributed by atoms with van der Waals surface area (Å²) < 4.78 is 11.4. The highest BCUT2D eigenvalue weighted by Crippen LogP contribution is 2.53. The van der Waals surface area contributed by atoms with E-state index in [2.05, 4.69) is 24.3 Å². The van der Waals surface area contributed by atoms with E-state index in [4.69, 9.17) is 9.47 Å². The predicted octanol–water partition coefficient (Wildman–Crippen LogP) is 5.62. The Labute approximate surface area is 200 Å². The Kier molecular flexibility index (Phi) is 7.49. The maximum absolute atomic E-state index is 11.3. The molecule has 2 fully saturated rings. The number of carboxylic acids is 1. The minimum atomic E-state index is -0.893. The highest BCUT2D eigenvalue weighted by Gasteiger charge is 2.44. The first-order valence-corrected chi connectivity index (χ1v) is 12.8. The van der Waals surface area contributed by atoms with Crippen molar-refractivity contribution in [3.05, 3.63) is 70.8 Å². The molecule has 33 heavy (non-hydrogen) atoms. The molecule has 0 radical (unpaired) electrons. The van der Waals surface area contributed by atoms with E-state index >= 15 is 0 Å². The number of hydrogen-bond donors (Lipinski definition) is 2. The molecule has 4 rings (SSSR count). The van der Waals surface area contributed by atoms with E-state index < -0.39 is 11.6 Å². The van der Waals surface area contributed by atoms with Crippen molar-refractivity contribution < 1.29 is 24.5 Å². The molecule has 1 saturated heterocycles. The van der Waals surface area contributed by atoms with E-state index in [1.54, 1.807) is 0 Å². The van der Waals surface area contributed by atoms with Crippen molar-refractivity contribution in [2.24, 2.45) is 5.41 Å². The first-order chi connectivity index (χ1) is 15.8. The summed E-state index contributed by atoms with van der Waals surface area (Å²) in [5.74, 6) is 0.138. The van der Waals surface area contributed by atoms with Crippen LogP contribution in [0.4, 0.5) is 0 Å². The monoisotopic (exact) mass is 470 g/mol. The molecule has 5 nitrogen and oxygen atoms in total. The van der Waals surface area contributed by atoms with Gasteiger partial charge in [-0.15, -0.1) is 0 Å². The Balaban J connectivity index is 1.53. The predicted molar refractivity (Wildman–Crippen MR) is 130 cm³/mol. The number of aliphatic hydroxyl groups is 1. The molecule has 2 aromatic rings. The quantitative estimate of drug-likeness (QED) is 0.444. The van der Waals surface area contributed by atoms with Crippen LogP contribution in [0, 0.1) is 5.41 Å². The van der Waals surface area contributed by atoms with E-state index in [1.807, 2.05) is 49.9 Å². The number of carbonyl (C=O) groups is 1. The van der Waals surface area contributed by atoms with Crippen LogP contribution in [0.2, 0.25) is 0 Å². The average Bonchev–Trinajstić information content (AvgIpc) is 3.30. The summed E-state index contributed by atoms with van der Waals surface area (Å²) in [6.45, 7) is 4.87. The Morgan fingerprint density at radius 2 is 1.88 bits per heavy atom. The Hall–Kier alpha value is -1.86. The highest BCUT2D eigenvalue weighted by molar-refractivity contribution is 7.99. The van der Waals surface area contributed by atoms with Gasteiger partial charge in [0.15, 0.2) is 6.29 Å². The first-order valence-electron chi connectivity index (χ1n) is 11.7. The standard InChI is InChI=1S/C27H34O5S/c1-26(2,30)22-9-4-3-6-19(22)10-11-23(33-18-27(12-13-27)17-24(28)29)20-7-5-8-21(16-20)25-31-14-15-32-25/h3-9,16,23,25,30H,10-15,17-18H2,1-2H3,(H,28,29). The van der Waals surface area contributed by atoms with Crippen molar-refractivity contribution in [1.82, 2.24) is 0 Å². The second-order valence-corrected chi connectivity index (χ2v) is 11.1. The van der Waals surface area contributed by atoms with Crippen molar-refractivity contribution in [3.8, 4) is 0 Å². The van der Waals surface area contributed by atoms with E-state index in [1.165, 1.54) is 5.56 Å². The number of hydrogen-bond acceptors (Lipinski definition) is 5. The van der Waals surface area contributed by atoms with Crippen LogP contribution >= 0.6 is 11.8 Å². The molecule has 1 atom stereocenters. The fourth-order valence-corrected chi connectivity index (χ4v) is 6.14. The highest BCUT2D eigenvalue weighted by atomic mass is 32.2. The third-order valence-electron chi connectivity index (χ3n) is 6.60. The third kappa shape index (κ3) is 6.38. The average molecular weight is 471 g/mol. The van der Waals surface area contributed by atoms with Crippen LogP contribution in [0.25, 0.3) is 0 Å². The van der Waals surface area contributed by atoms with Crippen LogP contribution in [0.1, 0.15) is 73.3 Å². The zero-order valence-electron chi connectivity index (χ0n) is 19.5. The number of thioether (sulfide) groups is 1. The van der Waals surface area contributed by atoms with Crippen molar-refractivity contribution in [1.29, 1.82) is 0 Å². The number of benzene rings is 2. The molecule has 6 heteroatoms. The SMILES string of the molecule is CC(C)(O)c1ccccc1CCC(SCC1(CC(=O)O)CC1)c1cccc(C2OCCO2)c1. The molecule has 1 unspecified atom stereocenters. The number of carboxylic acid groups (broad SMARTS) is 1. The van der Waals surface area contributed by atoms with E-state index in [9.17, 15) is 15.0 Å².